The normalized spacial score (nSPS) is 11.8. The summed E-state index contributed by atoms with van der Waals surface area (Å²) < 4.78 is 1.39. The summed E-state index contributed by atoms with van der Waals surface area (Å²) in [6, 6.07) is 24.1. The fourth-order valence-electron chi connectivity index (χ4n) is 4.20. The largest absolute Gasteiger partial charge is 0.326 e. The molecule has 1 atom stereocenters. The van der Waals surface area contributed by atoms with Crippen molar-refractivity contribution in [1.29, 1.82) is 0 Å². The van der Waals surface area contributed by atoms with Crippen molar-refractivity contribution in [2.75, 3.05) is 5.32 Å². The maximum Gasteiger partial charge on any atom is 0.263 e. The number of nitrogens with zero attached hydrogens (tertiary/aromatic N) is 2. The fraction of sp³-hybridized carbons (Fsp3) is 0.103. The molecule has 5 rings (SSSR count). The topological polar surface area (TPSA) is 81.1 Å². The van der Waals surface area contributed by atoms with Crippen molar-refractivity contribution in [3.8, 4) is 22.3 Å². The fourth-order valence-corrected chi connectivity index (χ4v) is 5.10. The predicted octanol–water partition coefficient (Wildman–Crippen LogP) is 6.19. The second kappa shape index (κ2) is 9.71. The number of nitrogens with one attached hydrogen (secondary N) is 1. The van der Waals surface area contributed by atoms with Crippen LogP contribution in [0.25, 0.3) is 32.5 Å². The van der Waals surface area contributed by atoms with Crippen LogP contribution in [0, 0.1) is 0 Å². The van der Waals surface area contributed by atoms with Gasteiger partial charge in [-0.1, -0.05) is 54.6 Å². The molecule has 0 fully saturated rings. The third-order valence-electron chi connectivity index (χ3n) is 6.11. The van der Waals surface area contributed by atoms with Crippen LogP contribution in [0.3, 0.4) is 0 Å². The van der Waals surface area contributed by atoms with Gasteiger partial charge in [0.15, 0.2) is 5.78 Å². The molecule has 6 nitrogen and oxygen atoms in total. The van der Waals surface area contributed by atoms with Gasteiger partial charge in [0.25, 0.3) is 5.56 Å². The molecule has 36 heavy (non-hydrogen) atoms. The van der Waals surface area contributed by atoms with E-state index in [1.165, 1.54) is 29.2 Å². The molecule has 0 saturated heterocycles. The number of fused-ring (bicyclic) bond motifs is 1. The number of rotatable bonds is 6. The Morgan fingerprint density at radius 3 is 2.19 bits per heavy atom. The molecule has 2 heterocycles. The molecule has 1 N–H and O–H groups in total. The molecule has 1 amide bonds. The highest BCUT2D eigenvalue weighted by molar-refractivity contribution is 7.17. The Kier molecular flexibility index (Phi) is 6.31. The summed E-state index contributed by atoms with van der Waals surface area (Å²) in [6.07, 6.45) is 1.44. The average Bonchev–Trinajstić information content (AvgIpc) is 3.34. The molecule has 7 heteroatoms. The van der Waals surface area contributed by atoms with Crippen molar-refractivity contribution in [3.63, 3.8) is 0 Å². The number of anilines is 1. The van der Waals surface area contributed by atoms with Gasteiger partial charge in [-0.25, -0.2) is 4.98 Å². The van der Waals surface area contributed by atoms with Gasteiger partial charge in [-0.15, -0.1) is 11.3 Å². The van der Waals surface area contributed by atoms with Crippen molar-refractivity contribution < 1.29 is 9.59 Å². The van der Waals surface area contributed by atoms with Gasteiger partial charge >= 0.3 is 0 Å². The Bertz CT molecular complexity index is 1620. The number of thiophene rings is 1. The summed E-state index contributed by atoms with van der Waals surface area (Å²) in [6.45, 7) is 3.12. The molecule has 0 spiro atoms. The monoisotopic (exact) mass is 493 g/mol. The summed E-state index contributed by atoms with van der Waals surface area (Å²) in [4.78, 5) is 43.1. The van der Waals surface area contributed by atoms with Gasteiger partial charge in [0.2, 0.25) is 5.91 Å². The van der Waals surface area contributed by atoms with Crippen molar-refractivity contribution >= 4 is 38.9 Å². The van der Waals surface area contributed by atoms with Crippen molar-refractivity contribution in [3.05, 3.63) is 106 Å². The molecule has 178 valence electrons. The van der Waals surface area contributed by atoms with E-state index in [9.17, 15) is 14.4 Å². The van der Waals surface area contributed by atoms with E-state index in [0.717, 1.165) is 22.3 Å². The average molecular weight is 494 g/mol. The van der Waals surface area contributed by atoms with Crippen LogP contribution in [0.15, 0.2) is 95.4 Å². The maximum atomic E-state index is 13.6. The number of carbonyl (C=O) groups excluding carboxylic acids is 2. The molecule has 3 aromatic carbocycles. The Labute approximate surface area is 211 Å². The van der Waals surface area contributed by atoms with E-state index in [1.807, 2.05) is 47.8 Å². The molecule has 0 aliphatic carbocycles. The van der Waals surface area contributed by atoms with Crippen LogP contribution >= 0.6 is 11.3 Å². The molecular formula is C29H23N3O3S. The number of amides is 1. The summed E-state index contributed by atoms with van der Waals surface area (Å²) in [7, 11) is 0. The summed E-state index contributed by atoms with van der Waals surface area (Å²) in [5.74, 6) is -0.397. The molecule has 5 aromatic rings. The van der Waals surface area contributed by atoms with Crippen LogP contribution < -0.4 is 10.9 Å². The highest BCUT2D eigenvalue weighted by Crippen LogP contribution is 2.32. The standard InChI is InChI=1S/C29H23N3O3S/c1-18(27(34)23-12-14-24(15-13-23)31-19(2)33)32-17-30-28-26(29(32)35)25(16-36-28)22-10-8-21(9-11-22)20-6-4-3-5-7-20/h3-18H,1-2H3,(H,31,33). The maximum absolute atomic E-state index is 13.6. The van der Waals surface area contributed by atoms with Gasteiger partial charge in [-0.05, 0) is 47.9 Å². The minimum atomic E-state index is -0.741. The van der Waals surface area contributed by atoms with E-state index in [2.05, 4.69) is 22.4 Å². The minimum Gasteiger partial charge on any atom is -0.326 e. The van der Waals surface area contributed by atoms with Crippen molar-refractivity contribution in [2.45, 2.75) is 19.9 Å². The molecule has 0 saturated carbocycles. The lowest BCUT2D eigenvalue weighted by atomic mass is 10.0. The molecule has 0 aliphatic heterocycles. The van der Waals surface area contributed by atoms with Crippen molar-refractivity contribution in [1.82, 2.24) is 9.55 Å². The van der Waals surface area contributed by atoms with E-state index in [1.54, 1.807) is 31.2 Å². The van der Waals surface area contributed by atoms with Crippen molar-refractivity contribution in [2.24, 2.45) is 0 Å². The number of ketones is 1. The predicted molar refractivity (Wildman–Crippen MR) is 145 cm³/mol. The van der Waals surface area contributed by atoms with E-state index in [4.69, 9.17) is 0 Å². The summed E-state index contributed by atoms with van der Waals surface area (Å²) in [5.41, 5.74) is 4.75. The SMILES string of the molecule is CC(=O)Nc1ccc(C(=O)C(C)n2cnc3scc(-c4ccc(-c5ccccc5)cc4)c3c2=O)cc1. The van der Waals surface area contributed by atoms with Gasteiger partial charge < -0.3 is 5.32 Å². The van der Waals surface area contributed by atoms with Gasteiger partial charge in [0, 0.05) is 29.1 Å². The smallest absolute Gasteiger partial charge is 0.263 e. The van der Waals surface area contributed by atoms with E-state index in [-0.39, 0.29) is 17.2 Å². The highest BCUT2D eigenvalue weighted by atomic mass is 32.1. The molecule has 2 aromatic heterocycles. The molecule has 0 aliphatic rings. The first-order chi connectivity index (χ1) is 17.4. The van der Waals surface area contributed by atoms with Crippen LogP contribution in [0.1, 0.15) is 30.2 Å². The van der Waals surface area contributed by atoms with Gasteiger partial charge in [-0.2, -0.15) is 0 Å². The molecule has 1 unspecified atom stereocenters. The molecule has 0 bridgehead atoms. The van der Waals surface area contributed by atoms with Gasteiger partial charge in [-0.3, -0.25) is 19.0 Å². The second-order valence-corrected chi connectivity index (χ2v) is 9.39. The van der Waals surface area contributed by atoms with Crippen LogP contribution in [-0.2, 0) is 4.79 Å². The number of aromatic nitrogens is 2. The molecule has 0 radical (unpaired) electrons. The lowest BCUT2D eigenvalue weighted by Crippen LogP contribution is -2.28. The number of Topliss-reactive ketones (excluding diaryl/α,β-unsaturated/α-hetero) is 1. The number of carbonyl (C=O) groups is 2. The summed E-state index contributed by atoms with van der Waals surface area (Å²) >= 11 is 1.41. The summed E-state index contributed by atoms with van der Waals surface area (Å²) in [5, 5.41) is 5.13. The number of benzene rings is 3. The van der Waals surface area contributed by atoms with Gasteiger partial charge in [0.1, 0.15) is 4.83 Å². The minimum absolute atomic E-state index is 0.186. The third kappa shape index (κ3) is 4.48. The Balaban J connectivity index is 1.47. The van der Waals surface area contributed by atoms with Gasteiger partial charge in [0.05, 0.1) is 17.8 Å². The Morgan fingerprint density at radius 2 is 1.53 bits per heavy atom. The molecular weight excluding hydrogens is 470 g/mol. The van der Waals surface area contributed by atoms with Crippen LogP contribution in [-0.4, -0.2) is 21.2 Å². The quantitative estimate of drug-likeness (QED) is 0.286. The Hall–Kier alpha value is -4.36. The zero-order valence-electron chi connectivity index (χ0n) is 19.8. The zero-order valence-corrected chi connectivity index (χ0v) is 20.6. The lowest BCUT2D eigenvalue weighted by molar-refractivity contribution is -0.114. The van der Waals surface area contributed by atoms with E-state index < -0.39 is 6.04 Å². The number of hydrogen-bond acceptors (Lipinski definition) is 5. The third-order valence-corrected chi connectivity index (χ3v) is 7.00. The van der Waals surface area contributed by atoms with Crippen LogP contribution in [0.2, 0.25) is 0 Å². The van der Waals surface area contributed by atoms with Crippen LogP contribution in [0.5, 0.6) is 0 Å². The number of hydrogen-bond donors (Lipinski definition) is 1. The highest BCUT2D eigenvalue weighted by Gasteiger charge is 2.21. The second-order valence-electron chi connectivity index (χ2n) is 8.53. The van der Waals surface area contributed by atoms with E-state index >= 15 is 0 Å². The lowest BCUT2D eigenvalue weighted by Gasteiger charge is -2.14. The first-order valence-corrected chi connectivity index (χ1v) is 12.4. The van der Waals surface area contributed by atoms with E-state index in [0.29, 0.717) is 21.5 Å². The van der Waals surface area contributed by atoms with Crippen LogP contribution in [0.4, 0.5) is 5.69 Å². The first-order valence-electron chi connectivity index (χ1n) is 11.5. The zero-order chi connectivity index (χ0) is 25.2. The Morgan fingerprint density at radius 1 is 0.889 bits per heavy atom. The first kappa shape index (κ1) is 23.4.